The van der Waals surface area contributed by atoms with E-state index in [1.165, 1.54) is 0 Å². The fourth-order valence-corrected chi connectivity index (χ4v) is 1.08. The van der Waals surface area contributed by atoms with E-state index in [9.17, 15) is 0 Å². The SMILES string of the molecule is C=Cc1ccccc1C(=C)OS.CC.CC(C)(C)C. The van der Waals surface area contributed by atoms with Crippen molar-refractivity contribution in [3.63, 3.8) is 0 Å². The third-order valence-corrected chi connectivity index (χ3v) is 1.81. The molecular formula is C17H28OS. The van der Waals surface area contributed by atoms with E-state index >= 15 is 0 Å². The summed E-state index contributed by atoms with van der Waals surface area (Å²) in [5.41, 5.74) is 2.42. The highest BCUT2D eigenvalue weighted by Gasteiger charge is 2.01. The van der Waals surface area contributed by atoms with Crippen molar-refractivity contribution in [3.8, 4) is 0 Å². The van der Waals surface area contributed by atoms with Gasteiger partial charge in [0.2, 0.25) is 0 Å². The van der Waals surface area contributed by atoms with Crippen molar-refractivity contribution in [1.82, 2.24) is 0 Å². The van der Waals surface area contributed by atoms with Crippen LogP contribution in [-0.4, -0.2) is 0 Å². The fourth-order valence-electron chi connectivity index (χ4n) is 0.978. The Morgan fingerprint density at radius 2 is 1.58 bits per heavy atom. The highest BCUT2D eigenvalue weighted by molar-refractivity contribution is 7.75. The first kappa shape index (κ1) is 20.2. The summed E-state index contributed by atoms with van der Waals surface area (Å²) in [5, 5.41) is 0. The zero-order valence-corrected chi connectivity index (χ0v) is 14.1. The normalized spacial score (nSPS) is 9.21. The molecule has 1 rings (SSSR count). The maximum atomic E-state index is 4.73. The van der Waals surface area contributed by atoms with Crippen molar-refractivity contribution < 1.29 is 4.18 Å². The summed E-state index contributed by atoms with van der Waals surface area (Å²) in [6, 6.07) is 7.71. The van der Waals surface area contributed by atoms with Crippen molar-refractivity contribution in [2.24, 2.45) is 5.41 Å². The van der Waals surface area contributed by atoms with Gasteiger partial charge in [-0.2, -0.15) is 0 Å². The second-order valence-corrected chi connectivity index (χ2v) is 5.49. The van der Waals surface area contributed by atoms with Gasteiger partial charge in [0.15, 0.2) is 0 Å². The molecule has 0 atom stereocenters. The number of hydrogen-bond donors (Lipinski definition) is 1. The Labute approximate surface area is 125 Å². The minimum absolute atomic E-state index is 0.500. The van der Waals surface area contributed by atoms with Gasteiger partial charge < -0.3 is 4.18 Å². The zero-order valence-electron chi connectivity index (χ0n) is 13.2. The number of benzene rings is 1. The first-order chi connectivity index (χ1) is 8.79. The summed E-state index contributed by atoms with van der Waals surface area (Å²) in [4.78, 5) is 0. The Hall–Kier alpha value is -1.15. The van der Waals surface area contributed by atoms with Gasteiger partial charge in [-0.25, -0.2) is 0 Å². The minimum Gasteiger partial charge on any atom is -0.429 e. The summed E-state index contributed by atoms with van der Waals surface area (Å²) in [6.45, 7) is 20.1. The summed E-state index contributed by atoms with van der Waals surface area (Å²) in [5.74, 6) is 0.536. The topological polar surface area (TPSA) is 9.23 Å². The van der Waals surface area contributed by atoms with E-state index in [4.69, 9.17) is 4.18 Å². The zero-order chi connectivity index (χ0) is 15.5. The van der Waals surface area contributed by atoms with Crippen LogP contribution in [0.3, 0.4) is 0 Å². The molecule has 0 N–H and O–H groups in total. The lowest BCUT2D eigenvalue weighted by atomic mass is 10.0. The molecule has 0 fully saturated rings. The third kappa shape index (κ3) is 11.7. The van der Waals surface area contributed by atoms with Crippen molar-refractivity contribution in [2.45, 2.75) is 41.5 Å². The number of thiol groups is 1. The Kier molecular flexibility index (Phi) is 11.4. The van der Waals surface area contributed by atoms with Crippen LogP contribution in [0.15, 0.2) is 37.4 Å². The molecule has 0 bridgehead atoms. The average molecular weight is 280 g/mol. The lowest BCUT2D eigenvalue weighted by Gasteiger charge is -2.05. The molecule has 0 aromatic heterocycles. The average Bonchev–Trinajstić information content (AvgIpc) is 2.38. The summed E-state index contributed by atoms with van der Waals surface area (Å²) in [7, 11) is 0. The lowest BCUT2D eigenvalue weighted by molar-refractivity contribution is 0.469. The molecule has 0 heterocycles. The molecule has 0 saturated heterocycles. The van der Waals surface area contributed by atoms with E-state index in [-0.39, 0.29) is 0 Å². The summed E-state index contributed by atoms with van der Waals surface area (Å²) >= 11 is 3.68. The van der Waals surface area contributed by atoms with E-state index < -0.39 is 0 Å². The molecule has 1 aromatic rings. The molecule has 0 aliphatic carbocycles. The van der Waals surface area contributed by atoms with Crippen LogP contribution in [0, 0.1) is 5.41 Å². The third-order valence-electron chi connectivity index (χ3n) is 1.59. The van der Waals surface area contributed by atoms with Crippen LogP contribution >= 0.6 is 12.9 Å². The van der Waals surface area contributed by atoms with Crippen LogP contribution in [0.25, 0.3) is 11.8 Å². The van der Waals surface area contributed by atoms with Gasteiger partial charge in [-0.3, -0.25) is 0 Å². The highest BCUT2D eigenvalue weighted by Crippen LogP contribution is 2.20. The maximum Gasteiger partial charge on any atom is 0.137 e. The van der Waals surface area contributed by atoms with E-state index in [0.29, 0.717) is 11.2 Å². The molecule has 0 radical (unpaired) electrons. The molecule has 0 amide bonds. The Morgan fingerprint density at radius 3 is 1.95 bits per heavy atom. The number of rotatable bonds is 3. The smallest absolute Gasteiger partial charge is 0.137 e. The monoisotopic (exact) mass is 280 g/mol. The van der Waals surface area contributed by atoms with Gasteiger partial charge in [-0.05, 0) is 11.0 Å². The van der Waals surface area contributed by atoms with E-state index in [0.717, 1.165) is 11.1 Å². The Balaban J connectivity index is 0. The molecular weight excluding hydrogens is 252 g/mol. The molecule has 0 spiro atoms. The van der Waals surface area contributed by atoms with E-state index in [2.05, 4.69) is 53.8 Å². The van der Waals surface area contributed by atoms with Gasteiger partial charge in [-0.1, -0.05) is 85.0 Å². The predicted molar refractivity (Wildman–Crippen MR) is 92.1 cm³/mol. The van der Waals surface area contributed by atoms with Crippen LogP contribution in [0.5, 0.6) is 0 Å². The molecule has 1 aromatic carbocycles. The molecule has 0 saturated carbocycles. The lowest BCUT2D eigenvalue weighted by Crippen LogP contribution is -1.93. The first-order valence-corrected chi connectivity index (χ1v) is 6.88. The van der Waals surface area contributed by atoms with Gasteiger partial charge >= 0.3 is 0 Å². The van der Waals surface area contributed by atoms with Crippen molar-refractivity contribution in [2.75, 3.05) is 0 Å². The second kappa shape index (κ2) is 10.7. The van der Waals surface area contributed by atoms with E-state index in [1.807, 2.05) is 38.1 Å². The summed E-state index contributed by atoms with van der Waals surface area (Å²) in [6.07, 6.45) is 1.76. The quantitative estimate of drug-likeness (QED) is 0.391. The Bertz CT molecular complexity index is 369. The maximum absolute atomic E-state index is 4.73. The van der Waals surface area contributed by atoms with Gasteiger partial charge in [0.1, 0.15) is 5.76 Å². The molecule has 19 heavy (non-hydrogen) atoms. The first-order valence-electron chi connectivity index (χ1n) is 6.51. The Morgan fingerprint density at radius 1 is 1.16 bits per heavy atom. The molecule has 0 aliphatic heterocycles. The molecule has 1 nitrogen and oxygen atoms in total. The summed E-state index contributed by atoms with van der Waals surface area (Å²) < 4.78 is 4.73. The number of hydrogen-bond acceptors (Lipinski definition) is 2. The fraction of sp³-hybridized carbons (Fsp3) is 0.412. The minimum atomic E-state index is 0.500. The standard InChI is InChI=1S/C10H10OS.C5H12.C2H6/c1-3-9-6-4-5-7-10(9)8(2)11-12;1-5(2,3)4;1-2/h3-7,12H,1-2H2;1-4H3;1-2H3. The van der Waals surface area contributed by atoms with Crippen LogP contribution in [0.2, 0.25) is 0 Å². The molecule has 108 valence electrons. The molecule has 2 heteroatoms. The van der Waals surface area contributed by atoms with Crippen LogP contribution < -0.4 is 0 Å². The molecule has 0 aliphatic rings. The second-order valence-electron chi connectivity index (χ2n) is 5.31. The van der Waals surface area contributed by atoms with E-state index in [1.54, 1.807) is 6.08 Å². The largest absolute Gasteiger partial charge is 0.429 e. The van der Waals surface area contributed by atoms with Gasteiger partial charge in [0.25, 0.3) is 0 Å². The van der Waals surface area contributed by atoms with Gasteiger partial charge in [-0.15, -0.1) is 0 Å². The van der Waals surface area contributed by atoms with Crippen molar-refractivity contribution in [3.05, 3.63) is 48.6 Å². The predicted octanol–water partition coefficient (Wildman–Crippen LogP) is 6.24. The van der Waals surface area contributed by atoms with Gasteiger partial charge in [0.05, 0.1) is 0 Å². The van der Waals surface area contributed by atoms with Crippen LogP contribution in [0.1, 0.15) is 52.7 Å². The van der Waals surface area contributed by atoms with Crippen molar-refractivity contribution >= 4 is 24.7 Å². The van der Waals surface area contributed by atoms with Crippen LogP contribution in [-0.2, 0) is 4.18 Å². The van der Waals surface area contributed by atoms with Crippen molar-refractivity contribution in [1.29, 1.82) is 0 Å². The highest BCUT2D eigenvalue weighted by atomic mass is 32.1. The van der Waals surface area contributed by atoms with Gasteiger partial charge in [0, 0.05) is 18.5 Å². The molecule has 0 unspecified atom stereocenters. The van der Waals surface area contributed by atoms with Crippen LogP contribution in [0.4, 0.5) is 0 Å².